The molecule has 12 rings (SSSR count). The number of aryl methyl sites for hydroxylation is 1. The maximum Gasteiger partial charge on any atom is 0.254 e. The lowest BCUT2D eigenvalue weighted by Gasteiger charge is -2.47. The Labute approximate surface area is 386 Å². The summed E-state index contributed by atoms with van der Waals surface area (Å²) in [6.07, 6.45) is 7.68. The van der Waals surface area contributed by atoms with Crippen LogP contribution in [0.25, 0.3) is 33.3 Å². The van der Waals surface area contributed by atoms with E-state index >= 15 is 4.79 Å². The van der Waals surface area contributed by atoms with Crippen LogP contribution in [0.4, 0.5) is 0 Å². The number of aliphatic hydroxyl groups excluding tert-OH is 2. The summed E-state index contributed by atoms with van der Waals surface area (Å²) in [6.45, 7) is -0.698. The van der Waals surface area contributed by atoms with Gasteiger partial charge in [0.15, 0.2) is 17.5 Å². The predicted molar refractivity (Wildman–Crippen MR) is 247 cm³/mol. The van der Waals surface area contributed by atoms with E-state index in [1.54, 1.807) is 25.3 Å². The molecule has 1 amide bonds. The zero-order valence-electron chi connectivity index (χ0n) is 37.2. The minimum atomic E-state index is -2.45. The van der Waals surface area contributed by atoms with E-state index in [2.05, 4.69) is 34.5 Å². The van der Waals surface area contributed by atoms with Crippen molar-refractivity contribution in [3.8, 4) is 29.3 Å². The van der Waals surface area contributed by atoms with Crippen molar-refractivity contribution in [1.29, 1.82) is 0 Å². The Morgan fingerprint density at radius 3 is 2.79 bits per heavy atom. The Bertz CT molecular complexity index is 3070. The van der Waals surface area contributed by atoms with Crippen molar-refractivity contribution in [3.63, 3.8) is 0 Å². The number of nitrogens with one attached hydrogen (secondary N) is 2. The number of rotatable bonds is 5. The Balaban J connectivity index is 1.15. The number of carbonyl (C=O) groups excluding carboxylic acids is 2. The molecule has 6 N–H and O–H groups in total. The van der Waals surface area contributed by atoms with Crippen LogP contribution in [0.2, 0.25) is 0 Å². The first-order valence-electron chi connectivity index (χ1n) is 23.2. The van der Waals surface area contributed by atoms with Crippen molar-refractivity contribution in [1.82, 2.24) is 15.2 Å². The molecule has 2 fully saturated rings. The van der Waals surface area contributed by atoms with Gasteiger partial charge in [-0.3, -0.25) is 9.59 Å². The third kappa shape index (κ3) is 6.32. The fourth-order valence-corrected chi connectivity index (χ4v) is 12.2. The minimum Gasteiger partial charge on any atom is -0.506 e. The number of H-pyrrole nitrogens is 1. The number of hydrogen-bond acceptors (Lipinski definition) is 12. The summed E-state index contributed by atoms with van der Waals surface area (Å²) in [7, 11) is 3.46. The van der Waals surface area contributed by atoms with E-state index in [4.69, 9.17) is 23.7 Å². The summed E-state index contributed by atoms with van der Waals surface area (Å²) in [5.41, 5.74) is 6.23. The topological polar surface area (TPSA) is 192 Å². The number of ketones is 1. The monoisotopic (exact) mass is 905 g/mol. The third-order valence-electron chi connectivity index (χ3n) is 15.3. The van der Waals surface area contributed by atoms with Crippen molar-refractivity contribution < 1.29 is 53.7 Å². The first-order chi connectivity index (χ1) is 32.6. The molecule has 5 aromatic rings. The zero-order valence-corrected chi connectivity index (χ0v) is 37.2. The Hall–Kier alpha value is -6.18. The number of nitrogens with zero attached hydrogens (tertiary/aromatic N) is 1. The van der Waals surface area contributed by atoms with Gasteiger partial charge >= 0.3 is 0 Å². The number of amides is 1. The molecule has 4 aromatic carbocycles. The van der Waals surface area contributed by atoms with Gasteiger partial charge in [0.25, 0.3) is 5.91 Å². The van der Waals surface area contributed by atoms with Crippen LogP contribution in [0.3, 0.4) is 0 Å². The molecular formula is C53H51N3O11. The van der Waals surface area contributed by atoms with E-state index in [0.717, 1.165) is 74.7 Å². The Morgan fingerprint density at radius 2 is 1.96 bits per heavy atom. The molecule has 4 aliphatic heterocycles. The molecule has 1 saturated carbocycles. The van der Waals surface area contributed by atoms with Crippen molar-refractivity contribution in [3.05, 3.63) is 110 Å². The van der Waals surface area contributed by atoms with Gasteiger partial charge in [-0.25, -0.2) is 0 Å². The maximum absolute atomic E-state index is 15.3. The molecule has 1 saturated heterocycles. The van der Waals surface area contributed by atoms with Gasteiger partial charge in [0.1, 0.15) is 41.7 Å². The van der Waals surface area contributed by atoms with E-state index < -0.39 is 48.7 Å². The number of methoxy groups -OCH3 is 1. The summed E-state index contributed by atoms with van der Waals surface area (Å²) in [5, 5.41) is 54.1. The second kappa shape index (κ2) is 16.0. The number of phenols is 1. The predicted octanol–water partition coefficient (Wildman–Crippen LogP) is 5.70. The highest BCUT2D eigenvalue weighted by atomic mass is 16.7. The molecule has 67 heavy (non-hydrogen) atoms. The number of benzene rings is 4. The van der Waals surface area contributed by atoms with Crippen LogP contribution in [0.1, 0.15) is 103 Å². The summed E-state index contributed by atoms with van der Waals surface area (Å²) < 4.78 is 32.7. The number of aromatic amines is 1. The molecule has 0 radical (unpaired) electrons. The first-order valence-corrected chi connectivity index (χ1v) is 23.2. The highest BCUT2D eigenvalue weighted by Crippen LogP contribution is 2.60. The molecule has 7 aliphatic rings. The van der Waals surface area contributed by atoms with E-state index in [0.29, 0.717) is 41.6 Å². The van der Waals surface area contributed by atoms with Gasteiger partial charge in [0.2, 0.25) is 6.29 Å². The summed E-state index contributed by atoms with van der Waals surface area (Å²) >= 11 is 0. The molecular weight excluding hydrogens is 855 g/mol. The number of aromatic nitrogens is 1. The lowest BCUT2D eigenvalue weighted by Crippen LogP contribution is -2.70. The second-order valence-electron chi connectivity index (χ2n) is 19.0. The number of Topliss-reactive ketones (excluding diaryl/α,β-unsaturated/α-hetero) is 1. The summed E-state index contributed by atoms with van der Waals surface area (Å²) in [5.74, 6) is 2.56. The molecule has 8 bridgehead atoms. The molecule has 14 nitrogen and oxygen atoms in total. The standard InChI is InChI=1S/C53H51N3O11/c1-54-20-26-11-15-37-34(18-26)35(21-55-37)39-16-14-33-48(63-2)32-13-12-29-19-28-7-4-9-30(28)42-41(29)43(32)45-47(60)44(42)38(58)23-56-22-36-27(6-3-10-31(36)51(56)61)8-5-17-64-50-46(59)40(24-65-39)66-52(67-49(33)45)53(50,62)25-57/h3,6,10-11,14-16,18-19,21,28,30,39-40,46,50,52,54-55,57,59-60,62H,4,7-9,12-13,20,22-25H2,1-2H3. The molecule has 8 atom stereocenters. The first kappa shape index (κ1) is 42.2. The number of phenolic OH excluding ortho intramolecular Hbond substituents is 1. The van der Waals surface area contributed by atoms with Crippen LogP contribution in [0, 0.1) is 17.9 Å². The van der Waals surface area contributed by atoms with Gasteiger partial charge in [0.05, 0.1) is 43.4 Å². The summed E-state index contributed by atoms with van der Waals surface area (Å²) in [4.78, 5) is 34.3. The molecule has 8 unspecified atom stereocenters. The van der Waals surface area contributed by atoms with E-state index in [1.807, 2.05) is 37.5 Å². The third-order valence-corrected chi connectivity index (χ3v) is 15.3. The van der Waals surface area contributed by atoms with Gasteiger partial charge in [-0.05, 0) is 102 Å². The normalized spacial score (nSPS) is 28.2. The van der Waals surface area contributed by atoms with Crippen LogP contribution < -0.4 is 14.8 Å². The average molecular weight is 906 g/mol. The van der Waals surface area contributed by atoms with Gasteiger partial charge in [-0.2, -0.15) is 0 Å². The van der Waals surface area contributed by atoms with Crippen molar-refractivity contribution >= 4 is 45.0 Å². The molecule has 5 heterocycles. The van der Waals surface area contributed by atoms with E-state index in [-0.39, 0.29) is 66.3 Å². The summed E-state index contributed by atoms with van der Waals surface area (Å²) in [6, 6.07) is 11.5. The van der Waals surface area contributed by atoms with Crippen LogP contribution in [0.15, 0.2) is 54.7 Å². The molecule has 3 aliphatic carbocycles. The molecule has 1 aromatic heterocycles. The second-order valence-corrected chi connectivity index (χ2v) is 19.0. The lowest BCUT2D eigenvalue weighted by molar-refractivity contribution is -0.328. The molecule has 0 spiro atoms. The number of fused-ring (bicyclic) bond motifs is 8. The lowest BCUT2D eigenvalue weighted by atomic mass is 9.69. The highest BCUT2D eigenvalue weighted by molar-refractivity contribution is 6.17. The maximum atomic E-state index is 15.3. The highest BCUT2D eigenvalue weighted by Gasteiger charge is 2.59. The van der Waals surface area contributed by atoms with E-state index in [9.17, 15) is 25.2 Å². The average Bonchev–Trinajstić information content (AvgIpc) is 4.06. The van der Waals surface area contributed by atoms with Crippen molar-refractivity contribution in [2.45, 2.75) is 93.8 Å². The quantitative estimate of drug-likeness (QED) is 0.118. The van der Waals surface area contributed by atoms with E-state index in [1.165, 1.54) is 4.90 Å². The van der Waals surface area contributed by atoms with Crippen LogP contribution in [0.5, 0.6) is 17.2 Å². The number of hydrogen-bond donors (Lipinski definition) is 6. The minimum absolute atomic E-state index is 0.0131. The van der Waals surface area contributed by atoms with Gasteiger partial charge in [-0.15, -0.1) is 0 Å². The molecule has 344 valence electrons. The van der Waals surface area contributed by atoms with Crippen molar-refractivity contribution in [2.75, 3.05) is 33.9 Å². The smallest absolute Gasteiger partial charge is 0.254 e. The largest absolute Gasteiger partial charge is 0.506 e. The van der Waals surface area contributed by atoms with Gasteiger partial charge < -0.3 is 59.3 Å². The zero-order chi connectivity index (χ0) is 45.9. The number of carbonyl (C=O) groups is 2. The van der Waals surface area contributed by atoms with Crippen LogP contribution >= 0.6 is 0 Å². The number of ether oxygens (including phenoxy) is 5. The number of aliphatic hydroxyl groups is 3. The molecule has 14 heteroatoms. The van der Waals surface area contributed by atoms with Crippen molar-refractivity contribution in [2.24, 2.45) is 5.92 Å². The van der Waals surface area contributed by atoms with Crippen LogP contribution in [-0.4, -0.2) is 106 Å². The fraction of sp³-hybridized carbons (Fsp3) is 0.396. The van der Waals surface area contributed by atoms with Gasteiger partial charge in [0, 0.05) is 58.7 Å². The fourth-order valence-electron chi connectivity index (χ4n) is 12.2. The Morgan fingerprint density at radius 1 is 1.07 bits per heavy atom. The number of aromatic hydroxyl groups is 1. The number of allylic oxidation sites excluding steroid dienone is 2. The van der Waals surface area contributed by atoms with Crippen LogP contribution in [-0.2, 0) is 40.1 Å². The SMILES string of the molecule is CNCc1ccc2[nH]cc(C3C=Cc4c(OC)c5c6c7c(c8c(O)c6c4OC4OC(CO3)C(O)C(OC#CCc3cccc6c3CN(CC8=O)C6=O)C4(O)CO)C3CCCC3C=C7CC5)c2c1. The van der Waals surface area contributed by atoms with Gasteiger partial charge in [-0.1, -0.05) is 42.7 Å². The Kier molecular flexibility index (Phi) is 10.1.